The van der Waals surface area contributed by atoms with Crippen molar-refractivity contribution in [3.8, 4) is 0 Å². The molecular formula is C10H20N2O. The van der Waals surface area contributed by atoms with Gasteiger partial charge in [0.2, 0.25) is 5.91 Å². The van der Waals surface area contributed by atoms with Crippen molar-refractivity contribution in [1.29, 1.82) is 0 Å². The van der Waals surface area contributed by atoms with E-state index in [0.29, 0.717) is 5.92 Å². The minimum absolute atomic E-state index is 0.00860. The van der Waals surface area contributed by atoms with Crippen LogP contribution < -0.4 is 11.1 Å². The fourth-order valence-corrected chi connectivity index (χ4v) is 1.01. The summed E-state index contributed by atoms with van der Waals surface area (Å²) >= 11 is 0. The molecule has 0 heterocycles. The Kier molecular flexibility index (Phi) is 5.39. The molecule has 0 rings (SSSR count). The standard InChI is InChI=1S/C10H20N2O/c1-5-8(4)12-10(13)9(11)6-7(2)3/h5,7-9H,1,6,11H2,2-4H3,(H,12,13). The summed E-state index contributed by atoms with van der Waals surface area (Å²) in [7, 11) is 0. The Balaban J connectivity index is 3.89. The Labute approximate surface area is 80.4 Å². The summed E-state index contributed by atoms with van der Waals surface area (Å²) in [4.78, 5) is 11.4. The molecular weight excluding hydrogens is 164 g/mol. The Morgan fingerprint density at radius 1 is 1.54 bits per heavy atom. The van der Waals surface area contributed by atoms with Crippen LogP contribution in [0.3, 0.4) is 0 Å². The Hall–Kier alpha value is -0.830. The summed E-state index contributed by atoms with van der Waals surface area (Å²) in [6.07, 6.45) is 2.40. The second-order valence-electron chi connectivity index (χ2n) is 3.77. The van der Waals surface area contributed by atoms with E-state index in [1.54, 1.807) is 6.08 Å². The molecule has 0 aromatic carbocycles. The van der Waals surface area contributed by atoms with Crippen LogP contribution >= 0.6 is 0 Å². The molecule has 0 spiro atoms. The molecule has 2 atom stereocenters. The Bertz CT molecular complexity index is 178. The summed E-state index contributed by atoms with van der Waals surface area (Å²) in [6, 6.07) is -0.409. The lowest BCUT2D eigenvalue weighted by Crippen LogP contribution is -2.44. The molecule has 0 bridgehead atoms. The third-order valence-corrected chi connectivity index (χ3v) is 1.79. The van der Waals surface area contributed by atoms with E-state index in [4.69, 9.17) is 5.73 Å². The van der Waals surface area contributed by atoms with Gasteiger partial charge in [-0.05, 0) is 19.3 Å². The lowest BCUT2D eigenvalue weighted by Gasteiger charge is -2.16. The van der Waals surface area contributed by atoms with Gasteiger partial charge in [-0.1, -0.05) is 19.9 Å². The van der Waals surface area contributed by atoms with Gasteiger partial charge in [0.1, 0.15) is 0 Å². The quantitative estimate of drug-likeness (QED) is 0.627. The van der Waals surface area contributed by atoms with Gasteiger partial charge >= 0.3 is 0 Å². The minimum Gasteiger partial charge on any atom is -0.349 e. The SMILES string of the molecule is C=CC(C)NC(=O)C(N)CC(C)C. The van der Waals surface area contributed by atoms with Crippen LogP contribution in [0.4, 0.5) is 0 Å². The molecule has 3 N–H and O–H groups in total. The number of rotatable bonds is 5. The molecule has 2 unspecified atom stereocenters. The first kappa shape index (κ1) is 12.2. The maximum atomic E-state index is 11.4. The first-order valence-electron chi connectivity index (χ1n) is 4.65. The normalized spacial score (nSPS) is 15.2. The number of carbonyl (C=O) groups excluding carboxylic acids is 1. The molecule has 0 fully saturated rings. The zero-order valence-electron chi connectivity index (χ0n) is 8.71. The van der Waals surface area contributed by atoms with Crippen LogP contribution in [0.25, 0.3) is 0 Å². The monoisotopic (exact) mass is 184 g/mol. The molecule has 0 aliphatic carbocycles. The topological polar surface area (TPSA) is 55.1 Å². The molecule has 0 aliphatic heterocycles. The van der Waals surface area contributed by atoms with Crippen molar-refractivity contribution in [2.45, 2.75) is 39.3 Å². The minimum atomic E-state index is -0.401. The first-order chi connectivity index (χ1) is 5.97. The van der Waals surface area contributed by atoms with E-state index in [-0.39, 0.29) is 11.9 Å². The van der Waals surface area contributed by atoms with E-state index in [9.17, 15) is 4.79 Å². The fourth-order valence-electron chi connectivity index (χ4n) is 1.01. The van der Waals surface area contributed by atoms with E-state index >= 15 is 0 Å². The van der Waals surface area contributed by atoms with E-state index < -0.39 is 6.04 Å². The predicted molar refractivity (Wildman–Crippen MR) is 55.2 cm³/mol. The van der Waals surface area contributed by atoms with Gasteiger partial charge in [0, 0.05) is 6.04 Å². The van der Waals surface area contributed by atoms with E-state index in [1.165, 1.54) is 0 Å². The smallest absolute Gasteiger partial charge is 0.237 e. The van der Waals surface area contributed by atoms with E-state index in [2.05, 4.69) is 11.9 Å². The van der Waals surface area contributed by atoms with Crippen molar-refractivity contribution in [1.82, 2.24) is 5.32 Å². The number of nitrogens with one attached hydrogen (secondary N) is 1. The van der Waals surface area contributed by atoms with Crippen LogP contribution in [0.15, 0.2) is 12.7 Å². The summed E-state index contributed by atoms with van der Waals surface area (Å²) < 4.78 is 0. The third kappa shape index (κ3) is 5.42. The number of nitrogens with two attached hydrogens (primary N) is 1. The Morgan fingerprint density at radius 3 is 2.46 bits per heavy atom. The molecule has 0 aliphatic rings. The maximum absolute atomic E-state index is 11.4. The molecule has 3 heteroatoms. The maximum Gasteiger partial charge on any atom is 0.237 e. The summed E-state index contributed by atoms with van der Waals surface area (Å²) in [6.45, 7) is 9.54. The van der Waals surface area contributed by atoms with Crippen molar-refractivity contribution in [3.05, 3.63) is 12.7 Å². The van der Waals surface area contributed by atoms with Gasteiger partial charge in [0.05, 0.1) is 6.04 Å². The van der Waals surface area contributed by atoms with Crippen LogP contribution in [0.5, 0.6) is 0 Å². The molecule has 0 aromatic rings. The summed E-state index contributed by atoms with van der Waals surface area (Å²) in [5, 5.41) is 2.75. The third-order valence-electron chi connectivity index (χ3n) is 1.79. The number of hydrogen-bond acceptors (Lipinski definition) is 2. The average molecular weight is 184 g/mol. The van der Waals surface area contributed by atoms with Gasteiger partial charge < -0.3 is 11.1 Å². The van der Waals surface area contributed by atoms with Gasteiger partial charge in [0.15, 0.2) is 0 Å². The molecule has 0 aromatic heterocycles. The molecule has 3 nitrogen and oxygen atoms in total. The predicted octanol–water partition coefficient (Wildman–Crippen LogP) is 1.05. The summed E-state index contributed by atoms with van der Waals surface area (Å²) in [5.74, 6) is 0.348. The zero-order valence-corrected chi connectivity index (χ0v) is 8.71. The molecule has 0 saturated heterocycles. The van der Waals surface area contributed by atoms with Crippen LogP contribution in [-0.4, -0.2) is 18.0 Å². The van der Waals surface area contributed by atoms with E-state index in [0.717, 1.165) is 6.42 Å². The van der Waals surface area contributed by atoms with Gasteiger partial charge in [-0.2, -0.15) is 0 Å². The second-order valence-corrected chi connectivity index (χ2v) is 3.77. The van der Waals surface area contributed by atoms with Crippen molar-refractivity contribution in [3.63, 3.8) is 0 Å². The van der Waals surface area contributed by atoms with Crippen molar-refractivity contribution in [2.75, 3.05) is 0 Å². The van der Waals surface area contributed by atoms with Crippen LogP contribution in [-0.2, 0) is 4.79 Å². The highest BCUT2D eigenvalue weighted by Crippen LogP contribution is 2.02. The highest BCUT2D eigenvalue weighted by Gasteiger charge is 2.15. The highest BCUT2D eigenvalue weighted by molar-refractivity contribution is 5.81. The fraction of sp³-hybridized carbons (Fsp3) is 0.700. The van der Waals surface area contributed by atoms with Crippen LogP contribution in [0.2, 0.25) is 0 Å². The average Bonchev–Trinajstić information content (AvgIpc) is 2.02. The number of carbonyl (C=O) groups is 1. The summed E-state index contributed by atoms with van der Waals surface area (Å²) in [5.41, 5.74) is 5.67. The largest absolute Gasteiger partial charge is 0.349 e. The van der Waals surface area contributed by atoms with Gasteiger partial charge in [-0.25, -0.2) is 0 Å². The van der Waals surface area contributed by atoms with Crippen LogP contribution in [0.1, 0.15) is 27.2 Å². The van der Waals surface area contributed by atoms with E-state index in [1.807, 2.05) is 20.8 Å². The second kappa shape index (κ2) is 5.75. The van der Waals surface area contributed by atoms with Crippen LogP contribution in [0, 0.1) is 5.92 Å². The number of hydrogen-bond donors (Lipinski definition) is 2. The molecule has 76 valence electrons. The Morgan fingerprint density at radius 2 is 2.08 bits per heavy atom. The van der Waals surface area contributed by atoms with Gasteiger partial charge in [-0.3, -0.25) is 4.79 Å². The molecule has 0 radical (unpaired) electrons. The van der Waals surface area contributed by atoms with Crippen molar-refractivity contribution >= 4 is 5.91 Å². The molecule has 0 saturated carbocycles. The highest BCUT2D eigenvalue weighted by atomic mass is 16.2. The molecule has 13 heavy (non-hydrogen) atoms. The number of amides is 1. The van der Waals surface area contributed by atoms with Crippen molar-refractivity contribution in [2.24, 2.45) is 11.7 Å². The van der Waals surface area contributed by atoms with Crippen molar-refractivity contribution < 1.29 is 4.79 Å². The lowest BCUT2D eigenvalue weighted by atomic mass is 10.0. The van der Waals surface area contributed by atoms with Gasteiger partial charge in [0.25, 0.3) is 0 Å². The zero-order chi connectivity index (χ0) is 10.4. The first-order valence-corrected chi connectivity index (χ1v) is 4.65. The lowest BCUT2D eigenvalue weighted by molar-refractivity contribution is -0.123. The molecule has 1 amide bonds. The van der Waals surface area contributed by atoms with Gasteiger partial charge in [-0.15, -0.1) is 6.58 Å².